The molecule has 4 nitrogen and oxygen atoms in total. The Balaban J connectivity index is 2.15. The molecular formula is C13H23NO3. The summed E-state index contributed by atoms with van der Waals surface area (Å²) in [4.78, 5) is 14.3. The smallest absolute Gasteiger partial charge is 0.341 e. The van der Waals surface area contributed by atoms with Gasteiger partial charge in [0.05, 0.1) is 6.61 Å². The van der Waals surface area contributed by atoms with Gasteiger partial charge >= 0.3 is 5.97 Å². The first kappa shape index (κ1) is 12.8. The topological polar surface area (TPSA) is 42.1 Å². The van der Waals surface area contributed by atoms with Crippen molar-refractivity contribution in [2.45, 2.75) is 51.4 Å². The number of esters is 1. The highest BCUT2D eigenvalue weighted by Crippen LogP contribution is 2.58. The lowest BCUT2D eigenvalue weighted by Crippen LogP contribution is -2.51. The molecule has 2 heterocycles. The number of nitrogens with zero attached hydrogens (tertiary/aromatic N) is 1. The summed E-state index contributed by atoms with van der Waals surface area (Å²) in [6, 6.07) is 0.447. The van der Waals surface area contributed by atoms with Gasteiger partial charge in [-0.3, -0.25) is 0 Å². The van der Waals surface area contributed by atoms with E-state index in [-0.39, 0.29) is 11.6 Å². The molecule has 2 aliphatic rings. The molecule has 0 saturated carbocycles. The van der Waals surface area contributed by atoms with Crippen LogP contribution >= 0.6 is 0 Å². The number of likely N-dealkylation sites (tertiary alicyclic amines) is 1. The van der Waals surface area contributed by atoms with Crippen molar-refractivity contribution >= 4 is 5.97 Å². The van der Waals surface area contributed by atoms with E-state index in [1.165, 1.54) is 0 Å². The number of hydrogen-bond donors (Lipinski definition) is 0. The predicted molar refractivity (Wildman–Crippen MR) is 64.7 cm³/mol. The molecule has 0 aromatic rings. The molecule has 2 fully saturated rings. The molecule has 17 heavy (non-hydrogen) atoms. The van der Waals surface area contributed by atoms with Gasteiger partial charge in [-0.1, -0.05) is 6.92 Å². The Hall–Kier alpha value is -0.610. The number of piperidine rings is 1. The van der Waals surface area contributed by atoms with Crippen molar-refractivity contribution in [1.82, 2.24) is 4.90 Å². The monoisotopic (exact) mass is 241 g/mol. The Bertz CT molecular complexity index is 333. The van der Waals surface area contributed by atoms with Gasteiger partial charge in [-0.15, -0.1) is 0 Å². The van der Waals surface area contributed by atoms with E-state index in [2.05, 4.69) is 25.8 Å². The second-order valence-electron chi connectivity index (χ2n) is 5.64. The van der Waals surface area contributed by atoms with Crippen LogP contribution in [0.3, 0.4) is 0 Å². The van der Waals surface area contributed by atoms with E-state index in [0.717, 1.165) is 13.0 Å². The first-order chi connectivity index (χ1) is 7.87. The lowest BCUT2D eigenvalue weighted by atomic mass is 9.76. The number of epoxide rings is 1. The molecule has 4 atom stereocenters. The zero-order valence-electron chi connectivity index (χ0n) is 11.4. The maximum Gasteiger partial charge on any atom is 0.341 e. The molecule has 2 rings (SSSR count). The molecule has 0 aromatic carbocycles. The lowest BCUT2D eigenvalue weighted by molar-refractivity contribution is -0.149. The van der Waals surface area contributed by atoms with Crippen LogP contribution in [0.1, 0.15) is 34.1 Å². The summed E-state index contributed by atoms with van der Waals surface area (Å²) in [7, 11) is 2.12. The van der Waals surface area contributed by atoms with Crippen LogP contribution in [0.25, 0.3) is 0 Å². The largest absolute Gasteiger partial charge is 0.464 e. The highest BCUT2D eigenvalue weighted by molar-refractivity contribution is 5.84. The quantitative estimate of drug-likeness (QED) is 0.542. The van der Waals surface area contributed by atoms with Gasteiger partial charge in [0.1, 0.15) is 5.60 Å². The van der Waals surface area contributed by atoms with Crippen molar-refractivity contribution < 1.29 is 14.3 Å². The average Bonchev–Trinajstić information content (AvgIpc) is 2.85. The zero-order valence-corrected chi connectivity index (χ0v) is 11.4. The van der Waals surface area contributed by atoms with Crippen molar-refractivity contribution in [3.63, 3.8) is 0 Å². The summed E-state index contributed by atoms with van der Waals surface area (Å²) in [5, 5.41) is 0. The van der Waals surface area contributed by atoms with E-state index >= 15 is 0 Å². The lowest BCUT2D eigenvalue weighted by Gasteiger charge is -2.39. The van der Waals surface area contributed by atoms with Crippen LogP contribution in [0, 0.1) is 5.92 Å². The van der Waals surface area contributed by atoms with Crippen LogP contribution < -0.4 is 0 Å². The van der Waals surface area contributed by atoms with Crippen molar-refractivity contribution in [3.8, 4) is 0 Å². The van der Waals surface area contributed by atoms with Gasteiger partial charge in [-0.25, -0.2) is 4.79 Å². The van der Waals surface area contributed by atoms with E-state index < -0.39 is 5.60 Å². The van der Waals surface area contributed by atoms with E-state index in [0.29, 0.717) is 18.6 Å². The van der Waals surface area contributed by atoms with Gasteiger partial charge in [0.15, 0.2) is 5.60 Å². The van der Waals surface area contributed by atoms with Crippen LogP contribution in [-0.4, -0.2) is 48.3 Å². The molecule has 1 spiro atoms. The normalized spacial score (nSPS) is 45.9. The number of carbonyl (C=O) groups excluding carboxylic acids is 1. The van der Waals surface area contributed by atoms with E-state index in [1.54, 1.807) is 0 Å². The summed E-state index contributed by atoms with van der Waals surface area (Å²) < 4.78 is 11.0. The van der Waals surface area contributed by atoms with Gasteiger partial charge in [0.25, 0.3) is 0 Å². The molecule has 0 amide bonds. The second-order valence-corrected chi connectivity index (χ2v) is 5.64. The Morgan fingerprint density at radius 3 is 2.76 bits per heavy atom. The van der Waals surface area contributed by atoms with Gasteiger partial charge in [-0.2, -0.15) is 0 Å². The van der Waals surface area contributed by atoms with Gasteiger partial charge in [0.2, 0.25) is 0 Å². The SMILES string of the molecule is CCOC(=O)[C@@]1(C)O[C@]12C[C@@H](C)N(C)C[C@@H]2C. The third kappa shape index (κ3) is 1.69. The minimum atomic E-state index is -0.724. The van der Waals surface area contributed by atoms with E-state index in [9.17, 15) is 4.79 Å². The maximum atomic E-state index is 12.0. The molecule has 4 heteroatoms. The highest BCUT2D eigenvalue weighted by atomic mass is 16.7. The molecule has 98 valence electrons. The summed E-state index contributed by atoms with van der Waals surface area (Å²) >= 11 is 0. The first-order valence-corrected chi connectivity index (χ1v) is 6.45. The Morgan fingerprint density at radius 1 is 1.53 bits per heavy atom. The summed E-state index contributed by atoms with van der Waals surface area (Å²) in [5.74, 6) is 0.154. The third-order valence-electron chi connectivity index (χ3n) is 4.53. The number of rotatable bonds is 2. The van der Waals surface area contributed by atoms with Crippen molar-refractivity contribution in [3.05, 3.63) is 0 Å². The Morgan fingerprint density at radius 2 is 2.18 bits per heavy atom. The van der Waals surface area contributed by atoms with Crippen molar-refractivity contribution in [1.29, 1.82) is 0 Å². The number of hydrogen-bond acceptors (Lipinski definition) is 4. The standard InChI is InChI=1S/C13H23NO3/c1-6-16-11(15)12(4)13(17-12)7-10(3)14(5)8-9(13)2/h9-10H,6-8H2,1-5H3/t9-,10+,12+,13-/m0/s1. The fourth-order valence-corrected chi connectivity index (χ4v) is 3.18. The van der Waals surface area contributed by atoms with Crippen molar-refractivity contribution in [2.24, 2.45) is 5.92 Å². The third-order valence-corrected chi connectivity index (χ3v) is 4.53. The molecule has 2 saturated heterocycles. The second kappa shape index (κ2) is 3.95. The molecular weight excluding hydrogens is 218 g/mol. The minimum absolute atomic E-state index is 0.205. The Labute approximate surface area is 103 Å². The van der Waals surface area contributed by atoms with Crippen LogP contribution in [-0.2, 0) is 14.3 Å². The minimum Gasteiger partial charge on any atom is -0.464 e. The fourth-order valence-electron chi connectivity index (χ4n) is 3.18. The fraction of sp³-hybridized carbons (Fsp3) is 0.923. The van der Waals surface area contributed by atoms with Gasteiger partial charge in [-0.05, 0) is 34.2 Å². The Kier molecular flexibility index (Phi) is 2.99. The molecule has 0 N–H and O–H groups in total. The molecule has 2 aliphatic heterocycles. The zero-order chi connectivity index (χ0) is 12.8. The van der Waals surface area contributed by atoms with Crippen LogP contribution in [0.4, 0.5) is 0 Å². The van der Waals surface area contributed by atoms with Crippen molar-refractivity contribution in [2.75, 3.05) is 20.2 Å². The summed E-state index contributed by atoms with van der Waals surface area (Å²) in [6.07, 6.45) is 0.903. The maximum absolute atomic E-state index is 12.0. The highest BCUT2D eigenvalue weighted by Gasteiger charge is 2.75. The number of carbonyl (C=O) groups is 1. The van der Waals surface area contributed by atoms with Gasteiger partial charge < -0.3 is 14.4 Å². The van der Waals surface area contributed by atoms with Crippen LogP contribution in [0.5, 0.6) is 0 Å². The summed E-state index contributed by atoms with van der Waals surface area (Å²) in [5.41, 5.74) is -1.02. The average molecular weight is 241 g/mol. The molecule has 0 unspecified atom stereocenters. The predicted octanol–water partition coefficient (Wildman–Crippen LogP) is 1.44. The number of ether oxygens (including phenoxy) is 2. The molecule has 0 radical (unpaired) electrons. The van der Waals surface area contributed by atoms with Gasteiger partial charge in [0, 0.05) is 18.5 Å². The van der Waals surface area contributed by atoms with E-state index in [4.69, 9.17) is 9.47 Å². The molecule has 0 aliphatic carbocycles. The van der Waals surface area contributed by atoms with Crippen LogP contribution in [0.2, 0.25) is 0 Å². The van der Waals surface area contributed by atoms with Crippen LogP contribution in [0.15, 0.2) is 0 Å². The molecule has 0 aromatic heterocycles. The summed E-state index contributed by atoms with van der Waals surface area (Å²) in [6.45, 7) is 9.43. The first-order valence-electron chi connectivity index (χ1n) is 6.45. The molecule has 0 bridgehead atoms. The van der Waals surface area contributed by atoms with E-state index in [1.807, 2.05) is 13.8 Å².